The maximum atomic E-state index is 14.4. The number of ketones is 2. The number of carbonyl (C=O) groups excluding carboxylic acids is 2. The van der Waals surface area contributed by atoms with Gasteiger partial charge in [0.25, 0.3) is 0 Å². The molecule has 1 aliphatic rings. The number of hydrogen-bond donors (Lipinski definition) is 1. The van der Waals surface area contributed by atoms with Gasteiger partial charge >= 0.3 is 11.9 Å². The number of halogens is 2. The first-order valence-electron chi connectivity index (χ1n) is 14.7. The second-order valence-electron chi connectivity index (χ2n) is 11.1. The fourth-order valence-corrected chi connectivity index (χ4v) is 5.54. The topological polar surface area (TPSA) is 80.7 Å². The number of carbonyl (C=O) groups is 3. The van der Waals surface area contributed by atoms with Gasteiger partial charge in [0.1, 0.15) is 5.78 Å². The van der Waals surface area contributed by atoms with Gasteiger partial charge in [0.05, 0.1) is 18.6 Å². The fraction of sp³-hybridized carbons (Fsp3) is 0.500. The molecular formula is C34H42F2O5. The lowest BCUT2D eigenvalue weighted by Crippen LogP contribution is -2.31. The number of alkyl halides is 2. The molecule has 0 heterocycles. The van der Waals surface area contributed by atoms with Crippen LogP contribution in [-0.2, 0) is 32.1 Å². The van der Waals surface area contributed by atoms with Gasteiger partial charge in [0.2, 0.25) is 5.78 Å². The number of rotatable bonds is 18. The van der Waals surface area contributed by atoms with Crippen LogP contribution in [0.5, 0.6) is 0 Å². The SMILES string of the molecule is CCCCC(F)(F)C(=O)CC[C@H]1[C@H](OCc2ccccc2)CC(=O)[C@@H]1CC=CCCC(Cc1ccccc1)C(=O)O. The summed E-state index contributed by atoms with van der Waals surface area (Å²) in [6.07, 6.45) is 5.69. The van der Waals surface area contributed by atoms with Crippen LogP contribution < -0.4 is 0 Å². The van der Waals surface area contributed by atoms with Gasteiger partial charge in [-0.1, -0.05) is 86.2 Å². The Morgan fingerprint density at radius 3 is 2.34 bits per heavy atom. The number of hydrogen-bond acceptors (Lipinski definition) is 4. The summed E-state index contributed by atoms with van der Waals surface area (Å²) < 4.78 is 34.8. The molecule has 5 nitrogen and oxygen atoms in total. The number of ether oxygens (including phenoxy) is 1. The second kappa shape index (κ2) is 16.3. The van der Waals surface area contributed by atoms with E-state index < -0.39 is 42.0 Å². The molecule has 1 N–H and O–H groups in total. The number of allylic oxidation sites excluding steroid dienone is 2. The highest BCUT2D eigenvalue weighted by molar-refractivity contribution is 5.86. The number of benzene rings is 2. The number of Topliss-reactive ketones (excluding diaryl/α,β-unsaturated/α-hetero) is 2. The average Bonchev–Trinajstić information content (AvgIpc) is 3.27. The van der Waals surface area contributed by atoms with Crippen LogP contribution in [0.15, 0.2) is 72.8 Å². The quantitative estimate of drug-likeness (QED) is 0.187. The predicted molar refractivity (Wildman–Crippen MR) is 155 cm³/mol. The minimum Gasteiger partial charge on any atom is -0.481 e. The molecule has 1 fully saturated rings. The first-order valence-corrected chi connectivity index (χ1v) is 14.7. The monoisotopic (exact) mass is 568 g/mol. The molecule has 1 aliphatic carbocycles. The van der Waals surface area contributed by atoms with Gasteiger partial charge in [0, 0.05) is 25.2 Å². The maximum absolute atomic E-state index is 14.4. The Balaban J connectivity index is 1.61. The highest BCUT2D eigenvalue weighted by Gasteiger charge is 2.44. The molecule has 4 atom stereocenters. The minimum atomic E-state index is -3.35. The lowest BCUT2D eigenvalue weighted by Gasteiger charge is -2.24. The number of carboxylic acid groups (broad SMARTS) is 1. The van der Waals surface area contributed by atoms with Crippen LogP contribution in [0.2, 0.25) is 0 Å². The Hall–Kier alpha value is -3.19. The van der Waals surface area contributed by atoms with E-state index in [1.165, 1.54) is 0 Å². The zero-order valence-electron chi connectivity index (χ0n) is 23.9. The van der Waals surface area contributed by atoms with Gasteiger partial charge in [-0.2, -0.15) is 8.78 Å². The predicted octanol–water partition coefficient (Wildman–Crippen LogP) is 7.62. The summed E-state index contributed by atoms with van der Waals surface area (Å²) in [7, 11) is 0. The van der Waals surface area contributed by atoms with E-state index in [2.05, 4.69) is 0 Å². The van der Waals surface area contributed by atoms with Crippen molar-refractivity contribution < 1.29 is 33.0 Å². The standard InChI is InChI=1S/C34H42F2O5/c1-2-3-21-34(35,36)32(38)20-19-29-28(30(37)23-31(29)41-24-26-15-9-5-10-16-26)18-12-6-11-17-27(33(39)40)22-25-13-7-4-8-14-25/h4-10,12-16,27-29,31H,2-3,11,17-24H2,1H3,(H,39,40)/t27?,28-,29-,31-/m1/s1. The van der Waals surface area contributed by atoms with E-state index in [1.807, 2.05) is 79.7 Å². The molecular weight excluding hydrogens is 526 g/mol. The summed E-state index contributed by atoms with van der Waals surface area (Å²) in [4.78, 5) is 37.2. The van der Waals surface area contributed by atoms with Crippen LogP contribution in [0.4, 0.5) is 8.78 Å². The minimum absolute atomic E-state index is 0.00962. The van der Waals surface area contributed by atoms with Crippen molar-refractivity contribution >= 4 is 17.5 Å². The van der Waals surface area contributed by atoms with Crippen molar-refractivity contribution in [2.45, 2.75) is 89.8 Å². The Morgan fingerprint density at radius 2 is 1.71 bits per heavy atom. The zero-order valence-corrected chi connectivity index (χ0v) is 23.9. The van der Waals surface area contributed by atoms with Crippen LogP contribution in [0.3, 0.4) is 0 Å². The molecule has 0 aliphatic heterocycles. The third-order valence-electron chi connectivity index (χ3n) is 7.99. The molecule has 0 aromatic heterocycles. The van der Waals surface area contributed by atoms with Crippen molar-refractivity contribution in [2.75, 3.05) is 0 Å². The number of aliphatic carboxylic acids is 1. The Bertz CT molecular complexity index is 1130. The molecule has 222 valence electrons. The molecule has 3 rings (SSSR count). The molecule has 7 heteroatoms. The number of unbranched alkanes of at least 4 members (excludes halogenated alkanes) is 1. The highest BCUT2D eigenvalue weighted by atomic mass is 19.3. The summed E-state index contributed by atoms with van der Waals surface area (Å²) in [5, 5.41) is 9.64. The van der Waals surface area contributed by atoms with E-state index >= 15 is 0 Å². The highest BCUT2D eigenvalue weighted by Crippen LogP contribution is 2.39. The first-order chi connectivity index (χ1) is 19.7. The average molecular weight is 569 g/mol. The molecule has 0 amide bonds. The molecule has 2 aromatic carbocycles. The summed E-state index contributed by atoms with van der Waals surface area (Å²) in [6.45, 7) is 2.11. The van der Waals surface area contributed by atoms with Gasteiger partial charge in [-0.25, -0.2) is 0 Å². The summed E-state index contributed by atoms with van der Waals surface area (Å²) >= 11 is 0. The molecule has 0 spiro atoms. The molecule has 0 bridgehead atoms. The summed E-state index contributed by atoms with van der Waals surface area (Å²) in [5.74, 6) is -6.54. The Morgan fingerprint density at radius 1 is 1.05 bits per heavy atom. The fourth-order valence-electron chi connectivity index (χ4n) is 5.54. The van der Waals surface area contributed by atoms with E-state index in [0.29, 0.717) is 38.7 Å². The van der Waals surface area contributed by atoms with E-state index in [0.717, 1.165) is 11.1 Å². The van der Waals surface area contributed by atoms with Gasteiger partial charge in [-0.3, -0.25) is 14.4 Å². The summed E-state index contributed by atoms with van der Waals surface area (Å²) in [5.41, 5.74) is 1.92. The summed E-state index contributed by atoms with van der Waals surface area (Å²) in [6, 6.07) is 19.0. The van der Waals surface area contributed by atoms with Crippen molar-refractivity contribution in [3.8, 4) is 0 Å². The molecule has 1 saturated carbocycles. The van der Waals surface area contributed by atoms with Crippen molar-refractivity contribution in [2.24, 2.45) is 17.8 Å². The van der Waals surface area contributed by atoms with Crippen LogP contribution in [-0.4, -0.2) is 34.7 Å². The first kappa shape index (κ1) is 32.3. The molecule has 0 radical (unpaired) electrons. The Kier molecular flexibility index (Phi) is 12.9. The molecule has 0 saturated heterocycles. The normalized spacial score (nSPS) is 20.0. The van der Waals surface area contributed by atoms with Gasteiger partial charge < -0.3 is 9.84 Å². The van der Waals surface area contributed by atoms with Gasteiger partial charge in [-0.05, 0) is 55.6 Å². The lowest BCUT2D eigenvalue weighted by molar-refractivity contribution is -0.145. The van der Waals surface area contributed by atoms with Crippen LogP contribution >= 0.6 is 0 Å². The van der Waals surface area contributed by atoms with E-state index in [1.54, 1.807) is 0 Å². The van der Waals surface area contributed by atoms with Gasteiger partial charge in [-0.15, -0.1) is 0 Å². The number of carboxylic acids is 1. The lowest BCUT2D eigenvalue weighted by atomic mass is 9.85. The van der Waals surface area contributed by atoms with E-state index in [4.69, 9.17) is 4.74 Å². The third kappa shape index (κ3) is 10.3. The van der Waals surface area contributed by atoms with Crippen LogP contribution in [0.25, 0.3) is 0 Å². The van der Waals surface area contributed by atoms with E-state index in [9.17, 15) is 28.3 Å². The van der Waals surface area contributed by atoms with Crippen molar-refractivity contribution in [3.63, 3.8) is 0 Å². The van der Waals surface area contributed by atoms with Crippen molar-refractivity contribution in [1.29, 1.82) is 0 Å². The van der Waals surface area contributed by atoms with Crippen molar-refractivity contribution in [1.82, 2.24) is 0 Å². The van der Waals surface area contributed by atoms with Crippen molar-refractivity contribution in [3.05, 3.63) is 83.9 Å². The van der Waals surface area contributed by atoms with Crippen LogP contribution in [0, 0.1) is 17.8 Å². The zero-order chi connectivity index (χ0) is 29.7. The van der Waals surface area contributed by atoms with E-state index in [-0.39, 0.29) is 37.4 Å². The van der Waals surface area contributed by atoms with Gasteiger partial charge in [0.15, 0.2) is 0 Å². The maximum Gasteiger partial charge on any atom is 0.306 e. The van der Waals surface area contributed by atoms with Crippen LogP contribution in [0.1, 0.15) is 75.8 Å². The second-order valence-corrected chi connectivity index (χ2v) is 11.1. The Labute approximate surface area is 242 Å². The molecule has 1 unspecified atom stereocenters. The largest absolute Gasteiger partial charge is 0.481 e. The smallest absolute Gasteiger partial charge is 0.306 e. The third-order valence-corrected chi connectivity index (χ3v) is 7.99. The molecule has 41 heavy (non-hydrogen) atoms. The molecule has 2 aromatic rings.